The molecule has 0 bridgehead atoms. The molecule has 0 atom stereocenters. The van der Waals surface area contributed by atoms with Crippen molar-refractivity contribution in [3.8, 4) is 6.07 Å². The molecule has 0 radical (unpaired) electrons. The fourth-order valence-electron chi connectivity index (χ4n) is 0.570. The highest BCUT2D eigenvalue weighted by Gasteiger charge is 2.02. The van der Waals surface area contributed by atoms with Crippen molar-refractivity contribution in [1.29, 1.82) is 10.7 Å². The third-order valence-electron chi connectivity index (χ3n) is 1.16. The van der Waals surface area contributed by atoms with Crippen molar-refractivity contribution in [1.82, 2.24) is 0 Å². The summed E-state index contributed by atoms with van der Waals surface area (Å²) in [5.74, 6) is 0. The third kappa shape index (κ3) is 1.90. The number of nitrogens with two attached hydrogens (primary N) is 1. The molecule has 0 aliphatic heterocycles. The van der Waals surface area contributed by atoms with Crippen LogP contribution in [0.1, 0.15) is 20.3 Å². The van der Waals surface area contributed by atoms with Gasteiger partial charge in [-0.1, -0.05) is 6.92 Å². The molecule has 54 valence electrons. The van der Waals surface area contributed by atoms with Crippen molar-refractivity contribution in [2.75, 3.05) is 0 Å². The summed E-state index contributed by atoms with van der Waals surface area (Å²) >= 11 is 0. The summed E-state index contributed by atoms with van der Waals surface area (Å²) < 4.78 is 0. The predicted molar refractivity (Wildman–Crippen MR) is 40.5 cm³/mol. The van der Waals surface area contributed by atoms with E-state index in [4.69, 9.17) is 16.4 Å². The van der Waals surface area contributed by atoms with Crippen LogP contribution in [0.25, 0.3) is 0 Å². The first-order valence-electron chi connectivity index (χ1n) is 3.07. The highest BCUT2D eigenvalue weighted by atomic mass is 14.6. The molecule has 0 aromatic rings. The number of allylic oxidation sites excluding steroid dienone is 2. The molecule has 0 saturated heterocycles. The average molecular weight is 137 g/mol. The smallest absolute Gasteiger partial charge is 0.103 e. The molecule has 0 saturated carbocycles. The summed E-state index contributed by atoms with van der Waals surface area (Å²) in [5.41, 5.74) is 6.38. The molecule has 3 heteroatoms. The molecule has 0 aromatic carbocycles. The van der Waals surface area contributed by atoms with Crippen LogP contribution in [0.5, 0.6) is 0 Å². The zero-order chi connectivity index (χ0) is 8.15. The van der Waals surface area contributed by atoms with Crippen LogP contribution in [0.4, 0.5) is 0 Å². The summed E-state index contributed by atoms with van der Waals surface area (Å²) in [4.78, 5) is 0. The Hall–Kier alpha value is -1.30. The monoisotopic (exact) mass is 137 g/mol. The van der Waals surface area contributed by atoms with Crippen molar-refractivity contribution in [3.05, 3.63) is 11.3 Å². The summed E-state index contributed by atoms with van der Waals surface area (Å²) in [6.07, 6.45) is 0.553. The number of nitrogens with zero attached hydrogens (tertiary/aromatic N) is 1. The minimum absolute atomic E-state index is 0.308. The largest absolute Gasteiger partial charge is 0.401 e. The fourth-order valence-corrected chi connectivity index (χ4v) is 0.570. The molecule has 3 nitrogen and oxygen atoms in total. The van der Waals surface area contributed by atoms with Gasteiger partial charge in [0.05, 0.1) is 11.3 Å². The SMILES string of the molecule is CCC(=N)/C(C#N)=C(/C)N. The molecule has 0 heterocycles. The Bertz CT molecular complexity index is 203. The number of rotatable bonds is 2. The second-order valence-corrected chi connectivity index (χ2v) is 2.00. The maximum absolute atomic E-state index is 8.47. The Labute approximate surface area is 60.7 Å². The molecule has 0 spiro atoms. The normalized spacial score (nSPS) is 11.7. The van der Waals surface area contributed by atoms with Gasteiger partial charge in [-0.3, -0.25) is 0 Å². The first-order valence-corrected chi connectivity index (χ1v) is 3.07. The van der Waals surface area contributed by atoms with Gasteiger partial charge in [0, 0.05) is 5.70 Å². The zero-order valence-corrected chi connectivity index (χ0v) is 6.23. The Morgan fingerprint density at radius 3 is 2.30 bits per heavy atom. The van der Waals surface area contributed by atoms with Gasteiger partial charge in [0.15, 0.2) is 0 Å². The molecule has 0 aliphatic rings. The Morgan fingerprint density at radius 1 is 1.70 bits per heavy atom. The summed E-state index contributed by atoms with van der Waals surface area (Å²) in [6, 6.07) is 1.88. The van der Waals surface area contributed by atoms with Crippen molar-refractivity contribution in [2.24, 2.45) is 5.73 Å². The maximum atomic E-state index is 8.47. The molecule has 0 fully saturated rings. The highest BCUT2D eigenvalue weighted by Crippen LogP contribution is 2.01. The third-order valence-corrected chi connectivity index (χ3v) is 1.16. The summed E-state index contributed by atoms with van der Waals surface area (Å²) in [6.45, 7) is 3.45. The summed E-state index contributed by atoms with van der Waals surface area (Å²) in [5, 5.41) is 15.7. The molecule has 0 unspecified atom stereocenters. The van der Waals surface area contributed by atoms with Gasteiger partial charge in [-0.25, -0.2) is 0 Å². The van der Waals surface area contributed by atoms with E-state index < -0.39 is 0 Å². The second kappa shape index (κ2) is 3.67. The van der Waals surface area contributed by atoms with E-state index >= 15 is 0 Å². The molecule has 0 aliphatic carbocycles. The van der Waals surface area contributed by atoms with E-state index in [2.05, 4.69) is 0 Å². The second-order valence-electron chi connectivity index (χ2n) is 2.00. The van der Waals surface area contributed by atoms with E-state index in [-0.39, 0.29) is 0 Å². The lowest BCUT2D eigenvalue weighted by molar-refractivity contribution is 1.20. The topological polar surface area (TPSA) is 73.7 Å². The molecular weight excluding hydrogens is 126 g/mol. The van der Waals surface area contributed by atoms with Gasteiger partial charge in [-0.05, 0) is 13.3 Å². The first kappa shape index (κ1) is 8.70. The van der Waals surface area contributed by atoms with Crippen LogP contribution in [-0.4, -0.2) is 5.71 Å². The van der Waals surface area contributed by atoms with Crippen LogP contribution in [0.3, 0.4) is 0 Å². The van der Waals surface area contributed by atoms with Crippen molar-refractivity contribution >= 4 is 5.71 Å². The first-order chi connectivity index (χ1) is 4.63. The van der Waals surface area contributed by atoms with Crippen LogP contribution in [0.2, 0.25) is 0 Å². The van der Waals surface area contributed by atoms with Crippen molar-refractivity contribution < 1.29 is 0 Å². The Morgan fingerprint density at radius 2 is 2.20 bits per heavy atom. The van der Waals surface area contributed by atoms with E-state index in [1.54, 1.807) is 6.92 Å². The molecule has 0 aromatic heterocycles. The number of hydrogen-bond donors (Lipinski definition) is 2. The summed E-state index contributed by atoms with van der Waals surface area (Å²) in [7, 11) is 0. The van der Waals surface area contributed by atoms with Crippen molar-refractivity contribution in [3.63, 3.8) is 0 Å². The number of hydrogen-bond acceptors (Lipinski definition) is 3. The zero-order valence-electron chi connectivity index (χ0n) is 6.23. The minimum Gasteiger partial charge on any atom is -0.401 e. The van der Waals surface area contributed by atoms with Crippen LogP contribution >= 0.6 is 0 Å². The lowest BCUT2D eigenvalue weighted by Gasteiger charge is -1.98. The van der Waals surface area contributed by atoms with Gasteiger partial charge in [-0.2, -0.15) is 5.26 Å². The standard InChI is InChI=1S/C7H11N3/c1-3-7(10)6(4-8)5(2)9/h10H,3,9H2,1-2H3/b6-5-,10-7?. The molecule has 0 rings (SSSR count). The maximum Gasteiger partial charge on any atom is 0.103 e. The minimum atomic E-state index is 0.308. The average Bonchev–Trinajstić information content (AvgIpc) is 1.88. The van der Waals surface area contributed by atoms with E-state index in [1.165, 1.54) is 0 Å². The van der Waals surface area contributed by atoms with Crippen LogP contribution in [0.15, 0.2) is 11.3 Å². The van der Waals surface area contributed by atoms with Gasteiger partial charge in [-0.15, -0.1) is 0 Å². The van der Waals surface area contributed by atoms with Crippen LogP contribution < -0.4 is 5.73 Å². The van der Waals surface area contributed by atoms with Crippen LogP contribution in [0, 0.1) is 16.7 Å². The van der Waals surface area contributed by atoms with E-state index in [0.29, 0.717) is 23.4 Å². The fraction of sp³-hybridized carbons (Fsp3) is 0.429. The highest BCUT2D eigenvalue weighted by molar-refractivity contribution is 6.01. The Kier molecular flexibility index (Phi) is 3.20. The van der Waals surface area contributed by atoms with Gasteiger partial charge >= 0.3 is 0 Å². The number of nitriles is 1. The molecular formula is C7H11N3. The lowest BCUT2D eigenvalue weighted by Crippen LogP contribution is -2.05. The van der Waals surface area contributed by atoms with E-state index in [1.807, 2.05) is 13.0 Å². The van der Waals surface area contributed by atoms with Gasteiger partial charge in [0.2, 0.25) is 0 Å². The van der Waals surface area contributed by atoms with E-state index in [9.17, 15) is 0 Å². The Balaban J connectivity index is 4.59. The van der Waals surface area contributed by atoms with Gasteiger partial charge in [0.25, 0.3) is 0 Å². The van der Waals surface area contributed by atoms with E-state index in [0.717, 1.165) is 0 Å². The van der Waals surface area contributed by atoms with Gasteiger partial charge in [0.1, 0.15) is 6.07 Å². The molecule has 3 N–H and O–H groups in total. The van der Waals surface area contributed by atoms with Gasteiger partial charge < -0.3 is 11.1 Å². The molecule has 10 heavy (non-hydrogen) atoms. The lowest BCUT2D eigenvalue weighted by atomic mass is 10.1. The van der Waals surface area contributed by atoms with Crippen molar-refractivity contribution in [2.45, 2.75) is 20.3 Å². The van der Waals surface area contributed by atoms with Crippen LogP contribution in [-0.2, 0) is 0 Å². The molecule has 0 amide bonds. The quantitative estimate of drug-likeness (QED) is 0.443. The number of nitrogens with one attached hydrogen (secondary N) is 1. The predicted octanol–water partition coefficient (Wildman–Crippen LogP) is 1.17.